The van der Waals surface area contributed by atoms with Gasteiger partial charge in [0.1, 0.15) is 11.2 Å². The van der Waals surface area contributed by atoms with E-state index in [1.807, 2.05) is 22.4 Å². The van der Waals surface area contributed by atoms with Crippen LogP contribution >= 0.6 is 0 Å². The van der Waals surface area contributed by atoms with Gasteiger partial charge in [0.2, 0.25) is 0 Å². The molecule has 1 unspecified atom stereocenters. The fraction of sp³-hybridized carbons (Fsp3) is 0.615. The molecule has 4 aromatic heterocycles. The van der Waals surface area contributed by atoms with Gasteiger partial charge in [0.15, 0.2) is 17.1 Å². The van der Waals surface area contributed by atoms with Crippen LogP contribution in [-0.2, 0) is 13.1 Å². The topological polar surface area (TPSA) is 111 Å². The molecular formula is C26H40N10. The van der Waals surface area contributed by atoms with E-state index in [2.05, 4.69) is 75.4 Å². The van der Waals surface area contributed by atoms with Gasteiger partial charge in [-0.25, -0.2) is 19.2 Å². The number of hydrogen-bond donors (Lipinski definition) is 2. The van der Waals surface area contributed by atoms with Crippen molar-refractivity contribution in [1.29, 1.82) is 0 Å². The largest absolute Gasteiger partial charge is 0.314 e. The lowest BCUT2D eigenvalue weighted by Crippen LogP contribution is -2.21. The minimum atomic E-state index is 0.177. The monoisotopic (exact) mass is 492 g/mol. The van der Waals surface area contributed by atoms with Crippen molar-refractivity contribution < 1.29 is 0 Å². The third kappa shape index (κ3) is 5.24. The lowest BCUT2D eigenvalue weighted by atomic mass is 10.1. The Bertz CT molecular complexity index is 1320. The van der Waals surface area contributed by atoms with Gasteiger partial charge < -0.3 is 10.6 Å². The predicted molar refractivity (Wildman–Crippen MR) is 142 cm³/mol. The molecule has 0 aliphatic heterocycles. The molecule has 2 N–H and O–H groups in total. The zero-order valence-corrected chi connectivity index (χ0v) is 22.9. The van der Waals surface area contributed by atoms with Gasteiger partial charge in [-0.2, -0.15) is 5.10 Å². The highest BCUT2D eigenvalue weighted by Crippen LogP contribution is 2.24. The normalized spacial score (nSPS) is 13.2. The minimum Gasteiger partial charge on any atom is -0.314 e. The molecule has 4 aromatic rings. The van der Waals surface area contributed by atoms with Gasteiger partial charge >= 0.3 is 0 Å². The number of rotatable bonds is 11. The average Bonchev–Trinajstić information content (AvgIpc) is 3.40. The van der Waals surface area contributed by atoms with E-state index in [0.29, 0.717) is 24.9 Å². The summed E-state index contributed by atoms with van der Waals surface area (Å²) in [4.78, 5) is 9.62. The highest BCUT2D eigenvalue weighted by atomic mass is 15.4. The number of fused-ring (bicyclic) bond motifs is 2. The van der Waals surface area contributed by atoms with Gasteiger partial charge in [-0.3, -0.25) is 0 Å². The molecule has 0 saturated heterocycles. The van der Waals surface area contributed by atoms with Crippen molar-refractivity contribution in [1.82, 2.24) is 50.2 Å². The molecular weight excluding hydrogens is 452 g/mol. The molecule has 4 heterocycles. The molecule has 10 heteroatoms. The lowest BCUT2D eigenvalue weighted by Gasteiger charge is -2.14. The van der Waals surface area contributed by atoms with Crippen LogP contribution < -0.4 is 10.6 Å². The molecule has 36 heavy (non-hydrogen) atoms. The first-order valence-corrected chi connectivity index (χ1v) is 13.1. The Hall–Kier alpha value is -2.98. The van der Waals surface area contributed by atoms with Crippen LogP contribution in [-0.4, -0.2) is 53.2 Å². The van der Waals surface area contributed by atoms with Gasteiger partial charge in [-0.05, 0) is 44.8 Å². The fourth-order valence-electron chi connectivity index (χ4n) is 4.28. The molecule has 0 amide bonds. The summed E-state index contributed by atoms with van der Waals surface area (Å²) in [6.07, 6.45) is 2.79. The summed E-state index contributed by atoms with van der Waals surface area (Å²) in [5, 5.41) is 25.3. The SMILES string of the molecule is CNCc1nn(C(C)CCNCc2cc(C(C)C)c3nnc(C(C)C)nn23)c2ncc(C(C)C)nc12. The highest BCUT2D eigenvalue weighted by Gasteiger charge is 2.19. The number of nitrogens with one attached hydrogen (secondary N) is 2. The Morgan fingerprint density at radius 1 is 0.889 bits per heavy atom. The summed E-state index contributed by atoms with van der Waals surface area (Å²) in [6.45, 7) is 17.2. The Balaban J connectivity index is 1.48. The van der Waals surface area contributed by atoms with Crippen molar-refractivity contribution in [2.75, 3.05) is 13.6 Å². The van der Waals surface area contributed by atoms with Crippen molar-refractivity contribution >= 4 is 16.8 Å². The Labute approximate surface area is 213 Å². The van der Waals surface area contributed by atoms with E-state index in [1.54, 1.807) is 0 Å². The van der Waals surface area contributed by atoms with E-state index < -0.39 is 0 Å². The smallest absolute Gasteiger partial charge is 0.179 e. The lowest BCUT2D eigenvalue weighted by molar-refractivity contribution is 0.447. The van der Waals surface area contributed by atoms with Crippen molar-refractivity contribution in [3.8, 4) is 0 Å². The summed E-state index contributed by atoms with van der Waals surface area (Å²) < 4.78 is 3.98. The molecule has 0 spiro atoms. The molecule has 0 aromatic carbocycles. The molecule has 0 saturated carbocycles. The van der Waals surface area contributed by atoms with Crippen LogP contribution in [0, 0.1) is 0 Å². The Morgan fingerprint density at radius 3 is 2.33 bits per heavy atom. The van der Waals surface area contributed by atoms with Crippen LogP contribution in [0.15, 0.2) is 12.3 Å². The van der Waals surface area contributed by atoms with Gasteiger partial charge in [0, 0.05) is 24.6 Å². The summed E-state index contributed by atoms with van der Waals surface area (Å²) in [7, 11) is 1.93. The molecule has 10 nitrogen and oxygen atoms in total. The second-order valence-corrected chi connectivity index (χ2v) is 10.6. The number of nitrogens with zero attached hydrogens (tertiary/aromatic N) is 8. The predicted octanol–water partition coefficient (Wildman–Crippen LogP) is 4.09. The van der Waals surface area contributed by atoms with E-state index in [4.69, 9.17) is 20.2 Å². The summed E-state index contributed by atoms with van der Waals surface area (Å²) in [5.41, 5.74) is 6.80. The molecule has 1 atom stereocenters. The fourth-order valence-corrected chi connectivity index (χ4v) is 4.28. The third-order valence-corrected chi connectivity index (χ3v) is 6.53. The Kier molecular flexibility index (Phi) is 7.94. The maximum absolute atomic E-state index is 4.88. The van der Waals surface area contributed by atoms with Gasteiger partial charge in [0.25, 0.3) is 0 Å². The molecule has 0 aliphatic carbocycles. The molecule has 0 fully saturated rings. The maximum Gasteiger partial charge on any atom is 0.179 e. The van der Waals surface area contributed by atoms with Crippen molar-refractivity contribution in [2.45, 2.75) is 91.8 Å². The van der Waals surface area contributed by atoms with Crippen molar-refractivity contribution in [3.63, 3.8) is 0 Å². The van der Waals surface area contributed by atoms with E-state index in [-0.39, 0.29) is 12.0 Å². The zero-order chi connectivity index (χ0) is 26.0. The quantitative estimate of drug-likeness (QED) is 0.301. The van der Waals surface area contributed by atoms with Crippen LogP contribution in [0.5, 0.6) is 0 Å². The van der Waals surface area contributed by atoms with E-state index in [1.165, 1.54) is 5.56 Å². The van der Waals surface area contributed by atoms with Crippen molar-refractivity contribution in [2.24, 2.45) is 0 Å². The first kappa shape index (κ1) is 26.1. The summed E-state index contributed by atoms with van der Waals surface area (Å²) >= 11 is 0. The molecule has 0 aliphatic rings. The van der Waals surface area contributed by atoms with Crippen LogP contribution in [0.4, 0.5) is 0 Å². The van der Waals surface area contributed by atoms with Gasteiger partial charge in [-0.1, -0.05) is 41.5 Å². The van der Waals surface area contributed by atoms with E-state index >= 15 is 0 Å². The number of aromatic nitrogens is 8. The summed E-state index contributed by atoms with van der Waals surface area (Å²) in [6, 6.07) is 2.38. The van der Waals surface area contributed by atoms with Crippen LogP contribution in [0.25, 0.3) is 16.8 Å². The standard InChI is InChI=1S/C26H40N10/c1-15(2)20-11-19(36-25(20)32-31-24(34-36)17(5)6)12-28-10-9-18(7)35-26-23(22(33-35)13-27-8)30-21(14-29-26)16(3)4/h11,14-18,27-28H,9-10,12-13H2,1-8H3. The summed E-state index contributed by atoms with van der Waals surface area (Å²) in [5.74, 6) is 1.66. The van der Waals surface area contributed by atoms with E-state index in [0.717, 1.165) is 52.7 Å². The number of hydrogen-bond acceptors (Lipinski definition) is 8. The van der Waals surface area contributed by atoms with Crippen molar-refractivity contribution in [3.05, 3.63) is 40.7 Å². The minimum absolute atomic E-state index is 0.177. The van der Waals surface area contributed by atoms with Crippen LogP contribution in [0.3, 0.4) is 0 Å². The first-order valence-electron chi connectivity index (χ1n) is 13.1. The van der Waals surface area contributed by atoms with Gasteiger partial charge in [0.05, 0.1) is 23.6 Å². The molecule has 0 bridgehead atoms. The van der Waals surface area contributed by atoms with Crippen LogP contribution in [0.2, 0.25) is 0 Å². The second kappa shape index (κ2) is 11.0. The molecule has 4 rings (SSSR count). The second-order valence-electron chi connectivity index (χ2n) is 10.6. The maximum atomic E-state index is 4.88. The van der Waals surface area contributed by atoms with E-state index in [9.17, 15) is 0 Å². The average molecular weight is 493 g/mol. The van der Waals surface area contributed by atoms with Gasteiger partial charge in [-0.15, -0.1) is 15.3 Å². The third-order valence-electron chi connectivity index (χ3n) is 6.53. The molecule has 194 valence electrons. The zero-order valence-electron chi connectivity index (χ0n) is 22.9. The Morgan fingerprint density at radius 2 is 1.67 bits per heavy atom. The first-order chi connectivity index (χ1) is 17.2. The van der Waals surface area contributed by atoms with Crippen LogP contribution in [0.1, 0.15) is 107 Å². The molecule has 0 radical (unpaired) electrons. The highest BCUT2D eigenvalue weighted by molar-refractivity contribution is 5.73.